The number of benzene rings is 2. The molecule has 1 heterocycles. The minimum absolute atomic E-state index is 0.0439. The van der Waals surface area contributed by atoms with Crippen molar-refractivity contribution in [3.63, 3.8) is 0 Å². The Kier molecular flexibility index (Phi) is 6.96. The summed E-state index contributed by atoms with van der Waals surface area (Å²) < 4.78 is 61.0. The number of amides is 1. The van der Waals surface area contributed by atoms with Gasteiger partial charge in [-0.15, -0.1) is 0 Å². The molecule has 1 saturated heterocycles. The average molecular weight is 453 g/mol. The lowest BCUT2D eigenvalue weighted by Gasteiger charge is -2.31. The predicted molar refractivity (Wildman–Crippen MR) is 114 cm³/mol. The topological polar surface area (TPSA) is 75.7 Å². The van der Waals surface area contributed by atoms with E-state index in [0.717, 1.165) is 17.7 Å². The fraction of sp³-hybridized carbons (Fsp3) is 0.409. The first kappa shape index (κ1) is 23.1. The summed E-state index contributed by atoms with van der Waals surface area (Å²) in [5.41, 5.74) is 0.319. The summed E-state index contributed by atoms with van der Waals surface area (Å²) in [5.74, 6) is -2.78. The van der Waals surface area contributed by atoms with Crippen LogP contribution in [0, 0.1) is 17.6 Å². The largest absolute Gasteiger partial charge is 0.495 e. The van der Waals surface area contributed by atoms with Crippen molar-refractivity contribution in [3.8, 4) is 5.75 Å². The Balaban J connectivity index is 1.84. The van der Waals surface area contributed by atoms with Gasteiger partial charge in [0.1, 0.15) is 28.0 Å². The molecule has 3 rings (SSSR count). The van der Waals surface area contributed by atoms with Crippen molar-refractivity contribution in [2.24, 2.45) is 5.92 Å². The molecule has 1 aliphatic heterocycles. The van der Waals surface area contributed by atoms with E-state index in [2.05, 4.69) is 5.32 Å². The highest BCUT2D eigenvalue weighted by Gasteiger charge is 2.35. The van der Waals surface area contributed by atoms with Gasteiger partial charge < -0.3 is 10.1 Å². The fourth-order valence-electron chi connectivity index (χ4n) is 3.61. The van der Waals surface area contributed by atoms with Crippen molar-refractivity contribution < 1.29 is 26.7 Å². The quantitative estimate of drug-likeness (QED) is 0.715. The molecule has 1 atom stereocenters. The number of ether oxygens (including phenoxy) is 1. The average Bonchev–Trinajstić information content (AvgIpc) is 2.75. The lowest BCUT2D eigenvalue weighted by Crippen LogP contribution is -2.43. The summed E-state index contributed by atoms with van der Waals surface area (Å²) in [4.78, 5) is 12.7. The smallest absolute Gasteiger partial charge is 0.246 e. The fourth-order valence-corrected chi connectivity index (χ4v) is 5.32. The third-order valence-electron chi connectivity index (χ3n) is 5.44. The summed E-state index contributed by atoms with van der Waals surface area (Å²) >= 11 is 0. The molecule has 0 aliphatic carbocycles. The first-order valence-electron chi connectivity index (χ1n) is 10.1. The van der Waals surface area contributed by atoms with Crippen LogP contribution in [-0.4, -0.2) is 38.8 Å². The molecule has 2 aromatic carbocycles. The molecule has 1 amide bonds. The van der Waals surface area contributed by atoms with Crippen LogP contribution < -0.4 is 10.1 Å². The molecule has 1 N–H and O–H groups in total. The number of para-hydroxylation sites is 1. The van der Waals surface area contributed by atoms with Gasteiger partial charge in [-0.05, 0) is 48.6 Å². The van der Waals surface area contributed by atoms with Crippen molar-refractivity contribution in [2.45, 2.75) is 37.5 Å². The summed E-state index contributed by atoms with van der Waals surface area (Å²) in [6.07, 6.45) is 0.861. The molecule has 1 aliphatic rings. The number of halogens is 2. The van der Waals surface area contributed by atoms with Crippen LogP contribution in [0.2, 0.25) is 0 Å². The molecule has 0 unspecified atom stereocenters. The zero-order valence-corrected chi connectivity index (χ0v) is 18.5. The van der Waals surface area contributed by atoms with E-state index in [1.807, 2.05) is 19.9 Å². The Morgan fingerprint density at radius 2 is 1.87 bits per heavy atom. The number of rotatable bonds is 6. The molecular formula is C22H26F2N2O4S. The van der Waals surface area contributed by atoms with E-state index in [1.165, 1.54) is 17.5 Å². The summed E-state index contributed by atoms with van der Waals surface area (Å²) in [7, 11) is -2.53. The minimum Gasteiger partial charge on any atom is -0.495 e. The number of piperidine rings is 1. The van der Waals surface area contributed by atoms with Crippen LogP contribution >= 0.6 is 0 Å². The van der Waals surface area contributed by atoms with Crippen molar-refractivity contribution in [3.05, 3.63) is 53.6 Å². The molecular weight excluding hydrogens is 426 g/mol. The van der Waals surface area contributed by atoms with Crippen molar-refractivity contribution in [1.82, 2.24) is 4.31 Å². The molecule has 0 spiro atoms. The number of nitrogens with zero attached hydrogens (tertiary/aromatic N) is 1. The second kappa shape index (κ2) is 9.32. The van der Waals surface area contributed by atoms with Gasteiger partial charge in [0.2, 0.25) is 15.9 Å². The molecule has 9 heteroatoms. The highest BCUT2D eigenvalue weighted by atomic mass is 32.2. The van der Waals surface area contributed by atoms with Gasteiger partial charge in [0.15, 0.2) is 0 Å². The second-order valence-corrected chi connectivity index (χ2v) is 9.76. The van der Waals surface area contributed by atoms with Crippen LogP contribution in [0.1, 0.15) is 38.2 Å². The van der Waals surface area contributed by atoms with E-state index >= 15 is 0 Å². The predicted octanol–water partition coefficient (Wildman–Crippen LogP) is 4.14. The van der Waals surface area contributed by atoms with Gasteiger partial charge in [0.25, 0.3) is 0 Å². The number of sulfonamides is 1. The second-order valence-electron chi connectivity index (χ2n) is 7.85. The monoisotopic (exact) mass is 452 g/mol. The van der Waals surface area contributed by atoms with Crippen LogP contribution in [0.15, 0.2) is 41.3 Å². The van der Waals surface area contributed by atoms with Crippen LogP contribution in [0.5, 0.6) is 5.75 Å². The molecule has 168 valence electrons. The van der Waals surface area contributed by atoms with Gasteiger partial charge in [-0.25, -0.2) is 17.2 Å². The van der Waals surface area contributed by atoms with Gasteiger partial charge in [-0.1, -0.05) is 26.0 Å². The molecule has 1 fully saturated rings. The standard InChI is InChI=1S/C22H26F2N2O4S/c1-14(2)15-9-10-19(30-3)20(12-15)31(28,29)26-11-5-6-16(13-26)22(27)25-21-17(23)7-4-8-18(21)24/h4,7-10,12,14,16H,5-6,11,13H2,1-3H3,(H,25,27)/t16-/m1/s1. The Morgan fingerprint density at radius 1 is 1.19 bits per heavy atom. The summed E-state index contributed by atoms with van der Waals surface area (Å²) in [5, 5.41) is 2.27. The number of carbonyl (C=O) groups excluding carboxylic acids is 1. The number of nitrogens with one attached hydrogen (secondary N) is 1. The highest BCUT2D eigenvalue weighted by Crippen LogP contribution is 2.33. The molecule has 31 heavy (non-hydrogen) atoms. The van der Waals surface area contributed by atoms with Gasteiger partial charge in [0.05, 0.1) is 13.0 Å². The number of anilines is 1. The number of carbonyl (C=O) groups is 1. The molecule has 0 aromatic heterocycles. The van der Waals surface area contributed by atoms with Crippen LogP contribution in [0.4, 0.5) is 14.5 Å². The Hall–Kier alpha value is -2.52. The molecule has 0 saturated carbocycles. The van der Waals surface area contributed by atoms with Crippen LogP contribution in [-0.2, 0) is 14.8 Å². The number of methoxy groups -OCH3 is 1. The normalized spacial score (nSPS) is 17.5. The Labute approximate surface area is 181 Å². The molecule has 2 aromatic rings. The van der Waals surface area contributed by atoms with E-state index < -0.39 is 39.2 Å². The van der Waals surface area contributed by atoms with Gasteiger partial charge in [-0.3, -0.25) is 4.79 Å². The lowest BCUT2D eigenvalue weighted by atomic mass is 9.98. The maximum atomic E-state index is 13.9. The van der Waals surface area contributed by atoms with E-state index in [4.69, 9.17) is 4.74 Å². The highest BCUT2D eigenvalue weighted by molar-refractivity contribution is 7.89. The maximum Gasteiger partial charge on any atom is 0.246 e. The van der Waals surface area contributed by atoms with Crippen LogP contribution in [0.3, 0.4) is 0 Å². The minimum atomic E-state index is -3.94. The number of hydrogen-bond donors (Lipinski definition) is 1. The molecule has 0 radical (unpaired) electrons. The lowest BCUT2D eigenvalue weighted by molar-refractivity contribution is -0.120. The third-order valence-corrected chi connectivity index (χ3v) is 7.32. The van der Waals surface area contributed by atoms with E-state index in [-0.39, 0.29) is 29.7 Å². The van der Waals surface area contributed by atoms with Crippen LogP contribution in [0.25, 0.3) is 0 Å². The van der Waals surface area contributed by atoms with Gasteiger partial charge in [-0.2, -0.15) is 4.31 Å². The molecule has 6 nitrogen and oxygen atoms in total. The Morgan fingerprint density at radius 3 is 2.48 bits per heavy atom. The number of hydrogen-bond acceptors (Lipinski definition) is 4. The van der Waals surface area contributed by atoms with Gasteiger partial charge >= 0.3 is 0 Å². The third kappa shape index (κ3) is 4.88. The maximum absolute atomic E-state index is 13.9. The summed E-state index contributed by atoms with van der Waals surface area (Å²) in [6.45, 7) is 4.08. The van der Waals surface area contributed by atoms with E-state index in [0.29, 0.717) is 12.8 Å². The SMILES string of the molecule is COc1ccc(C(C)C)cc1S(=O)(=O)N1CCC[C@@H](C(=O)Nc2c(F)cccc2F)C1. The van der Waals surface area contributed by atoms with Crippen molar-refractivity contribution in [2.75, 3.05) is 25.5 Å². The van der Waals surface area contributed by atoms with E-state index in [9.17, 15) is 22.0 Å². The van der Waals surface area contributed by atoms with E-state index in [1.54, 1.807) is 12.1 Å². The summed E-state index contributed by atoms with van der Waals surface area (Å²) in [6, 6.07) is 8.33. The zero-order chi connectivity index (χ0) is 22.8. The first-order chi connectivity index (χ1) is 14.6. The first-order valence-corrected chi connectivity index (χ1v) is 11.5. The van der Waals surface area contributed by atoms with Gasteiger partial charge in [0, 0.05) is 13.1 Å². The molecule has 0 bridgehead atoms. The van der Waals surface area contributed by atoms with Crippen molar-refractivity contribution in [1.29, 1.82) is 0 Å². The Bertz CT molecular complexity index is 1050. The zero-order valence-electron chi connectivity index (χ0n) is 17.7. The van der Waals surface area contributed by atoms with Crippen molar-refractivity contribution >= 4 is 21.6 Å².